The Hall–Kier alpha value is -0.830. The molecule has 3 N–H and O–H groups in total. The quantitative estimate of drug-likeness (QED) is 0.609. The van der Waals surface area contributed by atoms with E-state index in [-0.39, 0.29) is 5.92 Å². The minimum absolute atomic E-state index is 0.0660. The second-order valence-corrected chi connectivity index (χ2v) is 3.43. The second-order valence-electron chi connectivity index (χ2n) is 3.43. The second kappa shape index (κ2) is 3.27. The van der Waals surface area contributed by atoms with Crippen LogP contribution in [0.3, 0.4) is 0 Å². The van der Waals surface area contributed by atoms with Crippen LogP contribution in [0.25, 0.3) is 0 Å². The van der Waals surface area contributed by atoms with Gasteiger partial charge < -0.3 is 10.8 Å². The third-order valence-corrected chi connectivity index (χ3v) is 2.70. The van der Waals surface area contributed by atoms with Gasteiger partial charge in [0.25, 0.3) is 0 Å². The summed E-state index contributed by atoms with van der Waals surface area (Å²) < 4.78 is 0. The van der Waals surface area contributed by atoms with Gasteiger partial charge in [0.2, 0.25) is 0 Å². The van der Waals surface area contributed by atoms with Crippen molar-refractivity contribution in [3.05, 3.63) is 12.7 Å². The summed E-state index contributed by atoms with van der Waals surface area (Å²) in [5.74, 6) is -0.962. The zero-order valence-corrected chi connectivity index (χ0v) is 7.12. The van der Waals surface area contributed by atoms with Gasteiger partial charge in [0.1, 0.15) is 5.54 Å². The first-order valence-electron chi connectivity index (χ1n) is 4.26. The predicted octanol–water partition coefficient (Wildman–Crippen LogP) is 1.14. The first kappa shape index (κ1) is 9.26. The summed E-state index contributed by atoms with van der Waals surface area (Å²) in [6.07, 6.45) is 5.06. The molecule has 0 aromatic rings. The smallest absolute Gasteiger partial charge is 0.324 e. The number of hydrogen-bond donors (Lipinski definition) is 2. The Bertz CT molecular complexity index is 203. The van der Waals surface area contributed by atoms with E-state index < -0.39 is 11.5 Å². The molecular formula is C9H15NO2. The van der Waals surface area contributed by atoms with Gasteiger partial charge >= 0.3 is 5.97 Å². The Morgan fingerprint density at radius 1 is 1.67 bits per heavy atom. The third kappa shape index (κ3) is 1.37. The maximum Gasteiger partial charge on any atom is 0.324 e. The Balaban J connectivity index is 2.82. The minimum atomic E-state index is -1.06. The molecule has 1 aliphatic carbocycles. The number of aliphatic carboxylic acids is 1. The molecular weight excluding hydrogens is 154 g/mol. The molecule has 0 spiro atoms. The third-order valence-electron chi connectivity index (χ3n) is 2.70. The van der Waals surface area contributed by atoms with E-state index >= 15 is 0 Å². The van der Waals surface area contributed by atoms with Crippen LogP contribution >= 0.6 is 0 Å². The number of nitrogens with two attached hydrogens (primary N) is 1. The molecule has 3 heteroatoms. The van der Waals surface area contributed by atoms with Gasteiger partial charge in [-0.05, 0) is 12.8 Å². The topological polar surface area (TPSA) is 63.3 Å². The fourth-order valence-corrected chi connectivity index (χ4v) is 1.82. The number of carboxylic acids is 1. The first-order chi connectivity index (χ1) is 5.61. The number of hydrogen-bond acceptors (Lipinski definition) is 2. The van der Waals surface area contributed by atoms with Crippen LogP contribution in [0.2, 0.25) is 0 Å². The van der Waals surface area contributed by atoms with Crippen molar-refractivity contribution in [1.82, 2.24) is 0 Å². The molecule has 12 heavy (non-hydrogen) atoms. The zero-order chi connectivity index (χ0) is 9.19. The van der Waals surface area contributed by atoms with Crippen LogP contribution in [0.15, 0.2) is 12.7 Å². The van der Waals surface area contributed by atoms with E-state index in [2.05, 4.69) is 6.58 Å². The van der Waals surface area contributed by atoms with Gasteiger partial charge in [-0.1, -0.05) is 18.9 Å². The summed E-state index contributed by atoms with van der Waals surface area (Å²) in [5, 5.41) is 8.93. The lowest BCUT2D eigenvalue weighted by Gasteiger charge is -2.35. The zero-order valence-electron chi connectivity index (χ0n) is 7.12. The van der Waals surface area contributed by atoms with E-state index in [0.717, 1.165) is 19.3 Å². The molecule has 2 unspecified atom stereocenters. The van der Waals surface area contributed by atoms with Gasteiger partial charge in [-0.15, -0.1) is 6.58 Å². The minimum Gasteiger partial charge on any atom is -0.480 e. The molecule has 0 amide bonds. The van der Waals surface area contributed by atoms with Crippen molar-refractivity contribution in [2.75, 3.05) is 0 Å². The van der Waals surface area contributed by atoms with Crippen molar-refractivity contribution < 1.29 is 9.90 Å². The van der Waals surface area contributed by atoms with Gasteiger partial charge in [0.05, 0.1) is 0 Å². The maximum absolute atomic E-state index is 10.9. The van der Waals surface area contributed by atoms with Crippen LogP contribution in [0.4, 0.5) is 0 Å². The maximum atomic E-state index is 10.9. The lowest BCUT2D eigenvalue weighted by molar-refractivity contribution is -0.146. The van der Waals surface area contributed by atoms with Gasteiger partial charge in [-0.2, -0.15) is 0 Å². The molecule has 0 saturated heterocycles. The van der Waals surface area contributed by atoms with Crippen molar-refractivity contribution in [1.29, 1.82) is 0 Å². The standard InChI is InChI=1S/C9H15NO2/c1-2-7-5-3-4-6-9(7,10)8(11)12/h2,7H,1,3-6,10H2,(H,11,12). The van der Waals surface area contributed by atoms with Gasteiger partial charge in [-0.25, -0.2) is 0 Å². The van der Waals surface area contributed by atoms with Crippen molar-refractivity contribution in [2.24, 2.45) is 11.7 Å². The average molecular weight is 169 g/mol. The van der Waals surface area contributed by atoms with Gasteiger partial charge in [-0.3, -0.25) is 4.79 Å². The Morgan fingerprint density at radius 3 is 2.75 bits per heavy atom. The summed E-state index contributed by atoms with van der Waals surface area (Å²) in [7, 11) is 0. The van der Waals surface area contributed by atoms with E-state index in [9.17, 15) is 4.79 Å². The molecule has 0 aliphatic heterocycles. The van der Waals surface area contributed by atoms with Crippen LogP contribution in [-0.4, -0.2) is 16.6 Å². The van der Waals surface area contributed by atoms with Crippen LogP contribution < -0.4 is 5.73 Å². The summed E-state index contributed by atoms with van der Waals surface area (Å²) in [6, 6.07) is 0. The highest BCUT2D eigenvalue weighted by molar-refractivity contribution is 5.79. The van der Waals surface area contributed by atoms with Crippen LogP contribution in [0, 0.1) is 5.92 Å². The summed E-state index contributed by atoms with van der Waals surface area (Å²) >= 11 is 0. The molecule has 3 nitrogen and oxygen atoms in total. The summed E-state index contributed by atoms with van der Waals surface area (Å²) in [6.45, 7) is 3.62. The Kier molecular flexibility index (Phi) is 2.52. The van der Waals surface area contributed by atoms with Crippen LogP contribution in [0.5, 0.6) is 0 Å². The first-order valence-corrected chi connectivity index (χ1v) is 4.26. The highest BCUT2D eigenvalue weighted by Gasteiger charge is 2.42. The molecule has 1 aliphatic rings. The summed E-state index contributed by atoms with van der Waals surface area (Å²) in [5.41, 5.74) is 4.73. The van der Waals surface area contributed by atoms with E-state index in [1.54, 1.807) is 6.08 Å². The van der Waals surface area contributed by atoms with Crippen molar-refractivity contribution >= 4 is 5.97 Å². The molecule has 68 valence electrons. The Morgan fingerprint density at radius 2 is 2.33 bits per heavy atom. The van der Waals surface area contributed by atoms with Gasteiger partial charge in [0, 0.05) is 5.92 Å². The molecule has 1 fully saturated rings. The van der Waals surface area contributed by atoms with Gasteiger partial charge in [0.15, 0.2) is 0 Å². The average Bonchev–Trinajstić information content (AvgIpc) is 2.05. The lowest BCUT2D eigenvalue weighted by Crippen LogP contribution is -2.55. The SMILES string of the molecule is C=CC1CCCCC1(N)C(=O)O. The highest BCUT2D eigenvalue weighted by atomic mass is 16.4. The van der Waals surface area contributed by atoms with Crippen molar-refractivity contribution in [3.8, 4) is 0 Å². The number of carbonyl (C=O) groups is 1. The predicted molar refractivity (Wildman–Crippen MR) is 46.7 cm³/mol. The largest absolute Gasteiger partial charge is 0.480 e. The van der Waals surface area contributed by atoms with E-state index in [0.29, 0.717) is 6.42 Å². The molecule has 0 aromatic heterocycles. The molecule has 2 atom stereocenters. The van der Waals surface area contributed by atoms with E-state index in [1.807, 2.05) is 0 Å². The fourth-order valence-electron chi connectivity index (χ4n) is 1.82. The number of carboxylic acid groups (broad SMARTS) is 1. The summed E-state index contributed by atoms with van der Waals surface area (Å²) in [4.78, 5) is 10.9. The normalized spacial score (nSPS) is 35.9. The van der Waals surface area contributed by atoms with Crippen molar-refractivity contribution in [3.63, 3.8) is 0 Å². The molecule has 0 bridgehead atoms. The molecule has 1 rings (SSSR count). The van der Waals surface area contributed by atoms with Crippen LogP contribution in [0.1, 0.15) is 25.7 Å². The van der Waals surface area contributed by atoms with E-state index in [4.69, 9.17) is 10.8 Å². The highest BCUT2D eigenvalue weighted by Crippen LogP contribution is 2.32. The fraction of sp³-hybridized carbons (Fsp3) is 0.667. The molecule has 0 aromatic carbocycles. The van der Waals surface area contributed by atoms with Crippen LogP contribution in [-0.2, 0) is 4.79 Å². The lowest BCUT2D eigenvalue weighted by atomic mass is 9.73. The molecule has 1 saturated carbocycles. The van der Waals surface area contributed by atoms with Crippen molar-refractivity contribution in [2.45, 2.75) is 31.2 Å². The molecule has 0 radical (unpaired) electrons. The molecule has 0 heterocycles. The number of rotatable bonds is 2. The van der Waals surface area contributed by atoms with E-state index in [1.165, 1.54) is 0 Å². The Labute approximate surface area is 72.3 Å². The monoisotopic (exact) mass is 169 g/mol.